The molecule has 1 fully saturated rings. The van der Waals surface area contributed by atoms with E-state index in [0.717, 1.165) is 42.2 Å². The number of ether oxygens (including phenoxy) is 2. The van der Waals surface area contributed by atoms with Gasteiger partial charge in [0.15, 0.2) is 5.76 Å². The Morgan fingerprint density at radius 3 is 2.65 bits per heavy atom. The van der Waals surface area contributed by atoms with Crippen molar-refractivity contribution < 1.29 is 18.7 Å². The van der Waals surface area contributed by atoms with Gasteiger partial charge in [0.05, 0.1) is 24.6 Å². The first-order valence-corrected chi connectivity index (χ1v) is 8.98. The number of morpholine rings is 1. The Balaban J connectivity index is 1.68. The molecule has 3 heterocycles. The molecule has 0 saturated carbocycles. The molecule has 1 aromatic carbocycles. The van der Waals surface area contributed by atoms with Crippen LogP contribution in [-0.4, -0.2) is 37.8 Å². The van der Waals surface area contributed by atoms with Gasteiger partial charge in [0.25, 0.3) is 5.91 Å². The fourth-order valence-electron chi connectivity index (χ4n) is 3.55. The highest BCUT2D eigenvalue weighted by Crippen LogP contribution is 2.41. The quantitative estimate of drug-likeness (QED) is 0.913. The summed E-state index contributed by atoms with van der Waals surface area (Å²) in [4.78, 5) is 14.8. The summed E-state index contributed by atoms with van der Waals surface area (Å²) in [6, 6.07) is 7.55. The number of rotatable bonds is 3. The van der Waals surface area contributed by atoms with Crippen molar-refractivity contribution >= 4 is 17.3 Å². The van der Waals surface area contributed by atoms with E-state index in [0.29, 0.717) is 24.7 Å². The summed E-state index contributed by atoms with van der Waals surface area (Å²) in [6.45, 7) is 8.89. The third kappa shape index (κ3) is 3.29. The second-order valence-corrected chi connectivity index (χ2v) is 7.48. The van der Waals surface area contributed by atoms with Crippen LogP contribution in [0.2, 0.25) is 0 Å². The summed E-state index contributed by atoms with van der Waals surface area (Å²) in [7, 11) is 0. The average molecular weight is 356 g/mol. The van der Waals surface area contributed by atoms with Crippen LogP contribution in [0.4, 0.5) is 11.4 Å². The molecule has 1 saturated heterocycles. The number of furan rings is 1. The zero-order chi connectivity index (χ0) is 18.3. The Kier molecular flexibility index (Phi) is 4.15. The molecule has 26 heavy (non-hydrogen) atoms. The summed E-state index contributed by atoms with van der Waals surface area (Å²) in [6.07, 6.45) is 0.814. The fourth-order valence-corrected chi connectivity index (χ4v) is 3.55. The number of anilines is 2. The van der Waals surface area contributed by atoms with E-state index in [1.807, 2.05) is 19.1 Å². The Morgan fingerprint density at radius 1 is 1.19 bits per heavy atom. The van der Waals surface area contributed by atoms with E-state index in [1.54, 1.807) is 12.1 Å². The van der Waals surface area contributed by atoms with Gasteiger partial charge >= 0.3 is 0 Å². The molecule has 1 amide bonds. The maximum atomic E-state index is 12.6. The highest BCUT2D eigenvalue weighted by molar-refractivity contribution is 6.04. The van der Waals surface area contributed by atoms with Gasteiger partial charge in [-0.05, 0) is 39.0 Å². The van der Waals surface area contributed by atoms with E-state index < -0.39 is 0 Å². The Morgan fingerprint density at radius 2 is 1.96 bits per heavy atom. The van der Waals surface area contributed by atoms with Crippen molar-refractivity contribution in [1.82, 2.24) is 0 Å². The number of carbonyl (C=O) groups is 1. The van der Waals surface area contributed by atoms with Crippen LogP contribution in [0.5, 0.6) is 5.75 Å². The van der Waals surface area contributed by atoms with Crippen LogP contribution in [0, 0.1) is 6.92 Å². The van der Waals surface area contributed by atoms with Crippen molar-refractivity contribution in [2.24, 2.45) is 0 Å². The van der Waals surface area contributed by atoms with Crippen LogP contribution in [0.15, 0.2) is 28.7 Å². The predicted octanol–water partition coefficient (Wildman–Crippen LogP) is 3.39. The van der Waals surface area contributed by atoms with Crippen molar-refractivity contribution in [2.45, 2.75) is 32.8 Å². The standard InChI is InChI=1S/C20H24N2O4/c1-13-4-5-17(25-13)19(23)21-15-10-14-12-20(2,3)26-18(14)11-16(15)22-6-8-24-9-7-22/h4-5,10-11H,6-9,12H2,1-3H3,(H,21,23). The van der Waals surface area contributed by atoms with Crippen LogP contribution >= 0.6 is 0 Å². The smallest absolute Gasteiger partial charge is 0.291 e. The molecule has 0 unspecified atom stereocenters. The minimum Gasteiger partial charge on any atom is -0.487 e. The molecule has 138 valence electrons. The molecular formula is C20H24N2O4. The van der Waals surface area contributed by atoms with Gasteiger partial charge in [0.2, 0.25) is 0 Å². The van der Waals surface area contributed by atoms with Crippen molar-refractivity contribution in [2.75, 3.05) is 36.5 Å². The Labute approximate surface area is 153 Å². The minimum atomic E-state index is -0.245. The molecule has 2 aliphatic rings. The van der Waals surface area contributed by atoms with Crippen LogP contribution in [0.3, 0.4) is 0 Å². The number of carbonyl (C=O) groups excluding carboxylic acids is 1. The first-order chi connectivity index (χ1) is 12.4. The van der Waals surface area contributed by atoms with E-state index in [9.17, 15) is 4.79 Å². The number of hydrogen-bond acceptors (Lipinski definition) is 5. The SMILES string of the molecule is Cc1ccc(C(=O)Nc2cc3c(cc2N2CCOCC2)OC(C)(C)C3)o1. The van der Waals surface area contributed by atoms with Gasteiger partial charge in [-0.25, -0.2) is 0 Å². The Bertz CT molecular complexity index is 834. The van der Waals surface area contributed by atoms with Crippen LogP contribution in [0.1, 0.15) is 35.7 Å². The van der Waals surface area contributed by atoms with Crippen molar-refractivity contribution in [3.63, 3.8) is 0 Å². The minimum absolute atomic E-state index is 0.231. The summed E-state index contributed by atoms with van der Waals surface area (Å²) < 4.78 is 17.0. The lowest BCUT2D eigenvalue weighted by Gasteiger charge is -2.31. The molecule has 6 heteroatoms. The number of amides is 1. The van der Waals surface area contributed by atoms with Crippen molar-refractivity contribution in [3.8, 4) is 5.75 Å². The van der Waals surface area contributed by atoms with Crippen LogP contribution in [-0.2, 0) is 11.2 Å². The zero-order valence-corrected chi connectivity index (χ0v) is 15.4. The lowest BCUT2D eigenvalue weighted by atomic mass is 10.0. The molecule has 1 aromatic heterocycles. The molecule has 0 aliphatic carbocycles. The normalized spacial score (nSPS) is 18.3. The van der Waals surface area contributed by atoms with E-state index in [2.05, 4.69) is 24.1 Å². The number of hydrogen-bond donors (Lipinski definition) is 1. The van der Waals surface area contributed by atoms with Crippen LogP contribution in [0.25, 0.3) is 0 Å². The summed E-state index contributed by atoms with van der Waals surface area (Å²) in [5, 5.41) is 3.02. The zero-order valence-electron chi connectivity index (χ0n) is 15.4. The first-order valence-electron chi connectivity index (χ1n) is 8.98. The molecule has 2 aliphatic heterocycles. The third-order valence-corrected chi connectivity index (χ3v) is 4.75. The third-order valence-electron chi connectivity index (χ3n) is 4.75. The van der Waals surface area contributed by atoms with E-state index in [4.69, 9.17) is 13.9 Å². The van der Waals surface area contributed by atoms with Gasteiger partial charge in [-0.15, -0.1) is 0 Å². The fraction of sp³-hybridized carbons (Fsp3) is 0.450. The Hall–Kier alpha value is -2.47. The molecule has 6 nitrogen and oxygen atoms in total. The van der Waals surface area contributed by atoms with Gasteiger partial charge in [0.1, 0.15) is 17.1 Å². The largest absolute Gasteiger partial charge is 0.487 e. The van der Waals surface area contributed by atoms with E-state index in [1.165, 1.54) is 0 Å². The lowest BCUT2D eigenvalue weighted by molar-refractivity contribution is 0.0995. The number of fused-ring (bicyclic) bond motifs is 1. The molecule has 0 radical (unpaired) electrons. The monoisotopic (exact) mass is 356 g/mol. The summed E-state index contributed by atoms with van der Waals surface area (Å²) in [5.41, 5.74) is 2.62. The topological polar surface area (TPSA) is 63.9 Å². The highest BCUT2D eigenvalue weighted by Gasteiger charge is 2.32. The van der Waals surface area contributed by atoms with Crippen molar-refractivity contribution in [1.29, 1.82) is 0 Å². The first kappa shape index (κ1) is 17.0. The number of nitrogens with one attached hydrogen (secondary N) is 1. The molecule has 1 N–H and O–H groups in total. The van der Waals surface area contributed by atoms with Gasteiger partial charge in [-0.3, -0.25) is 4.79 Å². The second kappa shape index (κ2) is 6.36. The summed E-state index contributed by atoms with van der Waals surface area (Å²) in [5.74, 6) is 1.68. The maximum Gasteiger partial charge on any atom is 0.291 e. The van der Waals surface area contributed by atoms with E-state index >= 15 is 0 Å². The van der Waals surface area contributed by atoms with Gasteiger partial charge in [-0.1, -0.05) is 0 Å². The molecule has 4 rings (SSSR count). The molecule has 0 atom stereocenters. The number of benzene rings is 1. The number of nitrogens with zero attached hydrogens (tertiary/aromatic N) is 1. The molecule has 0 bridgehead atoms. The van der Waals surface area contributed by atoms with Gasteiger partial charge in [0, 0.05) is 31.1 Å². The maximum absolute atomic E-state index is 12.6. The average Bonchev–Trinajstić information content (AvgIpc) is 3.16. The molecule has 0 spiro atoms. The van der Waals surface area contributed by atoms with Gasteiger partial charge < -0.3 is 24.1 Å². The van der Waals surface area contributed by atoms with E-state index in [-0.39, 0.29) is 11.5 Å². The van der Waals surface area contributed by atoms with Gasteiger partial charge in [-0.2, -0.15) is 0 Å². The second-order valence-electron chi connectivity index (χ2n) is 7.48. The summed E-state index contributed by atoms with van der Waals surface area (Å²) >= 11 is 0. The van der Waals surface area contributed by atoms with Crippen molar-refractivity contribution in [3.05, 3.63) is 41.3 Å². The lowest BCUT2D eigenvalue weighted by Crippen LogP contribution is -2.36. The molecular weight excluding hydrogens is 332 g/mol. The predicted molar refractivity (Wildman–Crippen MR) is 99.3 cm³/mol. The molecule has 2 aromatic rings. The highest BCUT2D eigenvalue weighted by atomic mass is 16.5. The van der Waals surface area contributed by atoms with Crippen LogP contribution < -0.4 is 15.0 Å². The number of aryl methyl sites for hydroxylation is 1.